The van der Waals surface area contributed by atoms with Crippen LogP contribution in [0.4, 0.5) is 5.00 Å². The van der Waals surface area contributed by atoms with E-state index in [1.54, 1.807) is 12.4 Å². The molecule has 0 aliphatic carbocycles. The first-order chi connectivity index (χ1) is 6.34. The first kappa shape index (κ1) is 8.86. The lowest BCUT2D eigenvalue weighted by molar-refractivity contribution is 1.10. The molecule has 0 aromatic carbocycles. The highest BCUT2D eigenvalue weighted by molar-refractivity contribution is 7.15. The SMILES string of the molecule is Clc1cnc(CNc2cnns2)s1. The minimum atomic E-state index is 0.668. The highest BCUT2D eigenvalue weighted by Crippen LogP contribution is 2.19. The van der Waals surface area contributed by atoms with E-state index in [4.69, 9.17) is 11.6 Å². The molecule has 4 nitrogen and oxygen atoms in total. The molecule has 1 N–H and O–H groups in total. The number of nitrogens with zero attached hydrogens (tertiary/aromatic N) is 3. The van der Waals surface area contributed by atoms with Gasteiger partial charge in [-0.15, -0.1) is 16.4 Å². The van der Waals surface area contributed by atoms with E-state index in [0.717, 1.165) is 10.0 Å². The van der Waals surface area contributed by atoms with Gasteiger partial charge in [0.25, 0.3) is 0 Å². The Bertz CT molecular complexity index is 372. The third-order valence-corrected chi connectivity index (χ3v) is 3.04. The summed E-state index contributed by atoms with van der Waals surface area (Å²) in [4.78, 5) is 4.10. The van der Waals surface area contributed by atoms with Crippen LogP contribution in [0.2, 0.25) is 4.34 Å². The van der Waals surface area contributed by atoms with Crippen molar-refractivity contribution >= 4 is 39.5 Å². The number of thiazole rings is 1. The normalized spacial score (nSPS) is 10.2. The minimum Gasteiger partial charge on any atom is -0.368 e. The Labute approximate surface area is 87.8 Å². The molecular weight excluding hydrogens is 228 g/mol. The molecule has 0 bridgehead atoms. The van der Waals surface area contributed by atoms with Crippen molar-refractivity contribution in [2.24, 2.45) is 0 Å². The molecule has 2 aromatic heterocycles. The van der Waals surface area contributed by atoms with Crippen LogP contribution in [0, 0.1) is 0 Å². The summed E-state index contributed by atoms with van der Waals surface area (Å²) in [6.45, 7) is 0.668. The van der Waals surface area contributed by atoms with Crippen LogP contribution in [0.5, 0.6) is 0 Å². The van der Waals surface area contributed by atoms with Crippen molar-refractivity contribution < 1.29 is 0 Å². The molecule has 13 heavy (non-hydrogen) atoms. The summed E-state index contributed by atoms with van der Waals surface area (Å²) >= 11 is 8.51. The topological polar surface area (TPSA) is 50.7 Å². The Hall–Kier alpha value is -0.720. The van der Waals surface area contributed by atoms with Crippen molar-refractivity contribution in [3.8, 4) is 0 Å². The van der Waals surface area contributed by atoms with Gasteiger partial charge < -0.3 is 5.32 Å². The number of aromatic nitrogens is 3. The van der Waals surface area contributed by atoms with Crippen molar-refractivity contribution in [2.45, 2.75) is 6.54 Å². The molecule has 0 saturated carbocycles. The number of hydrogen-bond acceptors (Lipinski definition) is 6. The Balaban J connectivity index is 1.93. The Morgan fingerprint density at radius 2 is 2.38 bits per heavy atom. The minimum absolute atomic E-state index is 0.668. The molecule has 2 rings (SSSR count). The molecule has 0 fully saturated rings. The van der Waals surface area contributed by atoms with Crippen LogP contribution < -0.4 is 5.32 Å². The fourth-order valence-corrected chi connectivity index (χ4v) is 2.09. The Morgan fingerprint density at radius 1 is 1.46 bits per heavy atom. The van der Waals surface area contributed by atoms with Crippen LogP contribution in [0.3, 0.4) is 0 Å². The average molecular weight is 233 g/mol. The van der Waals surface area contributed by atoms with E-state index in [-0.39, 0.29) is 0 Å². The third-order valence-electron chi connectivity index (χ3n) is 1.30. The molecule has 0 unspecified atom stereocenters. The standard InChI is InChI=1S/C6H5ClN4S2/c7-4-1-8-5(12-4)2-9-6-3-10-11-13-6/h1,3,9H,2H2. The molecule has 2 heterocycles. The fourth-order valence-electron chi connectivity index (χ4n) is 0.778. The van der Waals surface area contributed by atoms with Crippen molar-refractivity contribution in [1.82, 2.24) is 14.6 Å². The van der Waals surface area contributed by atoms with Gasteiger partial charge in [0, 0.05) is 11.5 Å². The zero-order valence-electron chi connectivity index (χ0n) is 6.40. The van der Waals surface area contributed by atoms with E-state index < -0.39 is 0 Å². The van der Waals surface area contributed by atoms with Crippen LogP contribution in [0.1, 0.15) is 5.01 Å². The van der Waals surface area contributed by atoms with Gasteiger partial charge in [0.1, 0.15) is 14.3 Å². The van der Waals surface area contributed by atoms with Gasteiger partial charge in [0.2, 0.25) is 0 Å². The molecule has 2 aromatic rings. The summed E-state index contributed by atoms with van der Waals surface area (Å²) in [6, 6.07) is 0. The smallest absolute Gasteiger partial charge is 0.130 e. The highest BCUT2D eigenvalue weighted by Gasteiger charge is 2.00. The first-order valence-corrected chi connectivity index (χ1v) is 5.43. The fraction of sp³-hybridized carbons (Fsp3) is 0.167. The maximum atomic E-state index is 5.73. The third kappa shape index (κ3) is 2.36. The second-order valence-electron chi connectivity index (χ2n) is 2.19. The molecule has 0 radical (unpaired) electrons. The molecule has 0 atom stereocenters. The molecular formula is C6H5ClN4S2. The first-order valence-electron chi connectivity index (χ1n) is 3.46. The predicted molar refractivity (Wildman–Crippen MR) is 54.4 cm³/mol. The predicted octanol–water partition coefficient (Wildman–Crippen LogP) is 2.26. The zero-order valence-corrected chi connectivity index (χ0v) is 8.79. The molecule has 0 aliphatic rings. The second-order valence-corrected chi connectivity index (χ2v) is 4.73. The Morgan fingerprint density at radius 3 is 3.00 bits per heavy atom. The van der Waals surface area contributed by atoms with Crippen LogP contribution >= 0.6 is 34.5 Å². The lowest BCUT2D eigenvalue weighted by atomic mass is 10.6. The van der Waals surface area contributed by atoms with E-state index in [9.17, 15) is 0 Å². The zero-order chi connectivity index (χ0) is 9.10. The van der Waals surface area contributed by atoms with Crippen LogP contribution in [-0.4, -0.2) is 14.6 Å². The number of anilines is 1. The van der Waals surface area contributed by atoms with Gasteiger partial charge in [-0.05, 0) is 0 Å². The monoisotopic (exact) mass is 232 g/mol. The molecule has 7 heteroatoms. The van der Waals surface area contributed by atoms with Gasteiger partial charge in [-0.3, -0.25) is 0 Å². The maximum Gasteiger partial charge on any atom is 0.130 e. The summed E-state index contributed by atoms with van der Waals surface area (Å²) in [5.74, 6) is 0. The number of rotatable bonds is 3. The van der Waals surface area contributed by atoms with Crippen molar-refractivity contribution in [2.75, 3.05) is 5.32 Å². The van der Waals surface area contributed by atoms with Crippen molar-refractivity contribution in [3.63, 3.8) is 0 Å². The van der Waals surface area contributed by atoms with Gasteiger partial charge in [0.05, 0.1) is 18.9 Å². The van der Waals surface area contributed by atoms with Crippen LogP contribution in [-0.2, 0) is 6.54 Å². The van der Waals surface area contributed by atoms with E-state index >= 15 is 0 Å². The average Bonchev–Trinajstić information content (AvgIpc) is 2.71. The number of halogens is 1. The van der Waals surface area contributed by atoms with E-state index in [0.29, 0.717) is 10.9 Å². The van der Waals surface area contributed by atoms with E-state index in [1.807, 2.05) is 0 Å². The lowest BCUT2D eigenvalue weighted by Gasteiger charge is -1.96. The van der Waals surface area contributed by atoms with Gasteiger partial charge in [-0.2, -0.15) is 0 Å². The molecule has 68 valence electrons. The quantitative estimate of drug-likeness (QED) is 0.882. The number of nitrogens with one attached hydrogen (secondary N) is 1. The molecule has 0 saturated heterocycles. The summed E-state index contributed by atoms with van der Waals surface area (Å²) in [5.41, 5.74) is 0. The number of hydrogen-bond donors (Lipinski definition) is 1. The largest absolute Gasteiger partial charge is 0.368 e. The summed E-state index contributed by atoms with van der Waals surface area (Å²) < 4.78 is 4.43. The summed E-state index contributed by atoms with van der Waals surface area (Å²) in [5, 5.41) is 8.73. The van der Waals surface area contributed by atoms with Gasteiger partial charge in [-0.1, -0.05) is 16.1 Å². The van der Waals surface area contributed by atoms with Crippen LogP contribution in [0.25, 0.3) is 0 Å². The van der Waals surface area contributed by atoms with Crippen molar-refractivity contribution in [3.05, 3.63) is 21.7 Å². The Kier molecular flexibility index (Phi) is 2.72. The molecule has 0 amide bonds. The molecule has 0 spiro atoms. The highest BCUT2D eigenvalue weighted by atomic mass is 35.5. The van der Waals surface area contributed by atoms with Gasteiger partial charge in [-0.25, -0.2) is 4.98 Å². The van der Waals surface area contributed by atoms with E-state index in [2.05, 4.69) is 19.9 Å². The molecule has 0 aliphatic heterocycles. The second kappa shape index (κ2) is 3.99. The van der Waals surface area contributed by atoms with E-state index in [1.165, 1.54) is 22.9 Å². The van der Waals surface area contributed by atoms with Crippen molar-refractivity contribution in [1.29, 1.82) is 0 Å². The summed E-state index contributed by atoms with van der Waals surface area (Å²) in [7, 11) is 0. The summed E-state index contributed by atoms with van der Waals surface area (Å²) in [6.07, 6.45) is 3.33. The van der Waals surface area contributed by atoms with Crippen LogP contribution in [0.15, 0.2) is 12.4 Å². The maximum absolute atomic E-state index is 5.73. The van der Waals surface area contributed by atoms with Gasteiger partial charge in [0.15, 0.2) is 0 Å². The van der Waals surface area contributed by atoms with Gasteiger partial charge >= 0.3 is 0 Å². The lowest BCUT2D eigenvalue weighted by Crippen LogP contribution is -1.96.